The molecule has 0 aliphatic heterocycles. The van der Waals surface area contributed by atoms with Crippen molar-refractivity contribution in [3.8, 4) is 11.6 Å². The highest BCUT2D eigenvalue weighted by molar-refractivity contribution is 7.21. The Hall–Kier alpha value is -2.94. The third kappa shape index (κ3) is 3.52. The summed E-state index contributed by atoms with van der Waals surface area (Å²) in [5.74, 6) is -0.556. The molecule has 0 atom stereocenters. The van der Waals surface area contributed by atoms with Crippen LogP contribution < -0.4 is 15.4 Å². The van der Waals surface area contributed by atoms with Crippen LogP contribution in [0.2, 0.25) is 0 Å². The zero-order valence-electron chi connectivity index (χ0n) is 14.4. The standard InChI is InChI=1S/C17H17FN4O3S/c1-17(2,3)22(16(23)24)9-4-6-12(10(18)8-9)25-13-7-5-11-14(21-13)26-15(19)20-11/h4-8H,1-3H3,(H2,19,20)(H,23,24). The number of benzene rings is 1. The van der Waals surface area contributed by atoms with Crippen molar-refractivity contribution in [2.75, 3.05) is 10.6 Å². The number of halogens is 1. The Bertz CT molecular complexity index is 984. The summed E-state index contributed by atoms with van der Waals surface area (Å²) in [5.41, 5.74) is 5.77. The normalized spacial score (nSPS) is 11.5. The van der Waals surface area contributed by atoms with Gasteiger partial charge in [0.15, 0.2) is 16.7 Å². The molecule has 7 nitrogen and oxygen atoms in total. The topological polar surface area (TPSA) is 102 Å². The quantitative estimate of drug-likeness (QED) is 0.698. The number of amides is 1. The lowest BCUT2D eigenvalue weighted by atomic mass is 10.1. The summed E-state index contributed by atoms with van der Waals surface area (Å²) in [6.45, 7) is 5.18. The molecule has 9 heteroatoms. The Morgan fingerprint density at radius 1 is 1.27 bits per heavy atom. The van der Waals surface area contributed by atoms with Crippen LogP contribution in [0.1, 0.15) is 20.8 Å². The van der Waals surface area contributed by atoms with E-state index in [1.807, 2.05) is 0 Å². The van der Waals surface area contributed by atoms with Crippen LogP contribution in [0.5, 0.6) is 11.6 Å². The number of aromatic nitrogens is 2. The molecule has 1 amide bonds. The summed E-state index contributed by atoms with van der Waals surface area (Å²) < 4.78 is 20.0. The third-order valence-electron chi connectivity index (χ3n) is 3.50. The fraction of sp³-hybridized carbons (Fsp3) is 0.235. The second-order valence-electron chi connectivity index (χ2n) is 6.53. The van der Waals surface area contributed by atoms with Crippen molar-refractivity contribution in [1.29, 1.82) is 0 Å². The fourth-order valence-electron chi connectivity index (χ4n) is 2.48. The van der Waals surface area contributed by atoms with Gasteiger partial charge >= 0.3 is 6.09 Å². The van der Waals surface area contributed by atoms with Crippen molar-refractivity contribution >= 4 is 38.6 Å². The Kier molecular flexibility index (Phi) is 4.41. The van der Waals surface area contributed by atoms with Crippen molar-refractivity contribution < 1.29 is 19.0 Å². The van der Waals surface area contributed by atoms with Crippen LogP contribution in [-0.2, 0) is 0 Å². The molecule has 0 bridgehead atoms. The average Bonchev–Trinajstić information content (AvgIpc) is 2.87. The number of anilines is 2. The summed E-state index contributed by atoms with van der Waals surface area (Å²) in [5, 5.41) is 9.79. The molecule has 3 aromatic rings. The molecule has 0 spiro atoms. The minimum absolute atomic E-state index is 0.0580. The summed E-state index contributed by atoms with van der Waals surface area (Å²) in [6.07, 6.45) is -1.17. The van der Waals surface area contributed by atoms with E-state index >= 15 is 0 Å². The minimum Gasteiger partial charge on any atom is -0.465 e. The molecule has 3 N–H and O–H groups in total. The van der Waals surface area contributed by atoms with Crippen molar-refractivity contribution in [3.05, 3.63) is 36.1 Å². The molecule has 0 radical (unpaired) electrons. The maximum Gasteiger partial charge on any atom is 0.412 e. The predicted octanol–water partition coefficient (Wildman–Crippen LogP) is 4.49. The number of nitrogens with zero attached hydrogens (tertiary/aromatic N) is 3. The van der Waals surface area contributed by atoms with Gasteiger partial charge in [0.2, 0.25) is 5.88 Å². The highest BCUT2D eigenvalue weighted by atomic mass is 32.1. The first-order valence-electron chi connectivity index (χ1n) is 7.69. The van der Waals surface area contributed by atoms with Gasteiger partial charge in [-0.25, -0.2) is 19.2 Å². The fourth-order valence-corrected chi connectivity index (χ4v) is 3.18. The van der Waals surface area contributed by atoms with E-state index in [2.05, 4.69) is 9.97 Å². The molecule has 0 fully saturated rings. The maximum absolute atomic E-state index is 14.5. The van der Waals surface area contributed by atoms with E-state index < -0.39 is 17.4 Å². The summed E-state index contributed by atoms with van der Waals surface area (Å²) in [4.78, 5) is 21.5. The van der Waals surface area contributed by atoms with Crippen LogP contribution in [0.3, 0.4) is 0 Å². The number of nitrogens with two attached hydrogens (primary N) is 1. The molecule has 0 saturated heterocycles. The Morgan fingerprint density at radius 2 is 2.00 bits per heavy atom. The van der Waals surface area contributed by atoms with Gasteiger partial charge in [-0.3, -0.25) is 4.90 Å². The van der Waals surface area contributed by atoms with Gasteiger partial charge in [-0.2, -0.15) is 0 Å². The second-order valence-corrected chi connectivity index (χ2v) is 7.54. The average molecular weight is 376 g/mol. The SMILES string of the molecule is CC(C)(C)N(C(=O)O)c1ccc(Oc2ccc3nc(N)sc3n2)c(F)c1. The van der Waals surface area contributed by atoms with E-state index in [0.717, 1.165) is 11.0 Å². The van der Waals surface area contributed by atoms with Crippen LogP contribution in [0.4, 0.5) is 20.0 Å². The Labute approximate surface area is 152 Å². The minimum atomic E-state index is -1.17. The molecule has 2 heterocycles. The molecule has 0 saturated carbocycles. The summed E-state index contributed by atoms with van der Waals surface area (Å²) in [7, 11) is 0. The van der Waals surface area contributed by atoms with E-state index in [4.69, 9.17) is 10.5 Å². The van der Waals surface area contributed by atoms with Gasteiger partial charge in [0, 0.05) is 17.7 Å². The van der Waals surface area contributed by atoms with Crippen molar-refractivity contribution in [2.24, 2.45) is 0 Å². The zero-order chi connectivity index (χ0) is 19.1. The van der Waals surface area contributed by atoms with E-state index in [9.17, 15) is 14.3 Å². The van der Waals surface area contributed by atoms with Crippen LogP contribution >= 0.6 is 11.3 Å². The number of nitrogen functional groups attached to an aromatic ring is 1. The lowest BCUT2D eigenvalue weighted by Crippen LogP contribution is -2.45. The van der Waals surface area contributed by atoms with Gasteiger partial charge in [-0.15, -0.1) is 0 Å². The van der Waals surface area contributed by atoms with Crippen molar-refractivity contribution in [1.82, 2.24) is 9.97 Å². The first-order valence-corrected chi connectivity index (χ1v) is 8.50. The number of rotatable bonds is 3. The summed E-state index contributed by atoms with van der Waals surface area (Å²) >= 11 is 1.20. The second kappa shape index (κ2) is 6.41. The number of carbonyl (C=O) groups is 1. The highest BCUT2D eigenvalue weighted by Crippen LogP contribution is 2.32. The van der Waals surface area contributed by atoms with Gasteiger partial charge < -0.3 is 15.6 Å². The molecule has 136 valence electrons. The van der Waals surface area contributed by atoms with Crippen molar-refractivity contribution in [3.63, 3.8) is 0 Å². The number of pyridine rings is 1. The lowest BCUT2D eigenvalue weighted by molar-refractivity contribution is 0.195. The van der Waals surface area contributed by atoms with Gasteiger partial charge in [-0.05, 0) is 39.0 Å². The first-order chi connectivity index (χ1) is 12.1. The highest BCUT2D eigenvalue weighted by Gasteiger charge is 2.28. The van der Waals surface area contributed by atoms with Gasteiger partial charge in [0.1, 0.15) is 10.3 Å². The van der Waals surface area contributed by atoms with Gasteiger partial charge in [0.25, 0.3) is 0 Å². The number of hydrogen-bond acceptors (Lipinski definition) is 6. The molecular formula is C17H17FN4O3S. The zero-order valence-corrected chi connectivity index (χ0v) is 15.2. The van der Waals surface area contributed by atoms with Crippen LogP contribution in [0.15, 0.2) is 30.3 Å². The smallest absolute Gasteiger partial charge is 0.412 e. The van der Waals surface area contributed by atoms with Crippen LogP contribution in [0, 0.1) is 5.82 Å². The molecular weight excluding hydrogens is 359 g/mol. The lowest BCUT2D eigenvalue weighted by Gasteiger charge is -2.33. The predicted molar refractivity (Wildman–Crippen MR) is 98.6 cm³/mol. The van der Waals surface area contributed by atoms with E-state index in [1.54, 1.807) is 32.9 Å². The summed E-state index contributed by atoms with van der Waals surface area (Å²) in [6, 6.07) is 7.23. The van der Waals surface area contributed by atoms with E-state index in [0.29, 0.717) is 15.5 Å². The number of hydrogen-bond donors (Lipinski definition) is 2. The van der Waals surface area contributed by atoms with Crippen LogP contribution in [0.25, 0.3) is 10.3 Å². The molecule has 2 aromatic heterocycles. The number of fused-ring (bicyclic) bond motifs is 1. The largest absolute Gasteiger partial charge is 0.465 e. The third-order valence-corrected chi connectivity index (χ3v) is 4.29. The van der Waals surface area contributed by atoms with Gasteiger partial charge in [-0.1, -0.05) is 11.3 Å². The maximum atomic E-state index is 14.5. The molecule has 0 aliphatic carbocycles. The van der Waals surface area contributed by atoms with Crippen LogP contribution in [-0.4, -0.2) is 26.7 Å². The first kappa shape index (κ1) is 17.9. The molecule has 3 rings (SSSR count). The molecule has 26 heavy (non-hydrogen) atoms. The Balaban J connectivity index is 1.90. The molecule has 0 aliphatic rings. The van der Waals surface area contributed by atoms with Gasteiger partial charge in [0.05, 0.1) is 5.69 Å². The monoisotopic (exact) mass is 376 g/mol. The number of ether oxygens (including phenoxy) is 1. The molecule has 0 unspecified atom stereocenters. The van der Waals surface area contributed by atoms with E-state index in [1.165, 1.54) is 23.5 Å². The van der Waals surface area contributed by atoms with Crippen molar-refractivity contribution in [2.45, 2.75) is 26.3 Å². The number of thiazole rings is 1. The molecule has 1 aromatic carbocycles. The number of carboxylic acid groups (broad SMARTS) is 1. The Morgan fingerprint density at radius 3 is 2.62 bits per heavy atom. The van der Waals surface area contributed by atoms with E-state index in [-0.39, 0.29) is 17.3 Å².